The summed E-state index contributed by atoms with van der Waals surface area (Å²) < 4.78 is 23.3. The summed E-state index contributed by atoms with van der Waals surface area (Å²) in [6.07, 6.45) is 0.825. The van der Waals surface area contributed by atoms with Crippen LogP contribution in [0.25, 0.3) is 0 Å². The molecule has 4 nitrogen and oxygen atoms in total. The van der Waals surface area contributed by atoms with Crippen molar-refractivity contribution in [2.45, 2.75) is 39.0 Å². The van der Waals surface area contributed by atoms with Crippen molar-refractivity contribution in [3.63, 3.8) is 0 Å². The molecule has 0 aliphatic rings. The molecule has 5 heteroatoms. The average Bonchev–Trinajstić information content (AvgIpc) is 2.46. The van der Waals surface area contributed by atoms with E-state index < -0.39 is 23.2 Å². The Labute approximate surface area is 124 Å². The van der Waals surface area contributed by atoms with Crippen LogP contribution in [0.2, 0.25) is 0 Å². The number of ether oxygens (including phenoxy) is 2. The lowest BCUT2D eigenvalue weighted by atomic mass is 9.76. The maximum atomic E-state index is 13.1. The van der Waals surface area contributed by atoms with Crippen LogP contribution in [0.5, 0.6) is 0 Å². The van der Waals surface area contributed by atoms with Gasteiger partial charge in [-0.25, -0.2) is 4.39 Å². The molecule has 0 aromatic heterocycles. The van der Waals surface area contributed by atoms with Crippen molar-refractivity contribution < 1.29 is 23.5 Å². The molecule has 0 N–H and O–H groups in total. The van der Waals surface area contributed by atoms with Gasteiger partial charge in [-0.3, -0.25) is 9.59 Å². The number of carbonyl (C=O) groups excluding carboxylic acids is 2. The second kappa shape index (κ2) is 7.76. The second-order valence-electron chi connectivity index (χ2n) is 4.60. The standard InChI is InChI=1S/C16H21FO4/c1-4-11-16(14(18)20-5-2,15(19)21-6-3)12-7-9-13(17)10-8-12/h7-10H,4-6,11H2,1-3H3. The van der Waals surface area contributed by atoms with Crippen molar-refractivity contribution in [2.75, 3.05) is 13.2 Å². The molecule has 0 fully saturated rings. The smallest absolute Gasteiger partial charge is 0.328 e. The Bertz CT molecular complexity index is 464. The molecule has 0 saturated carbocycles. The molecule has 0 saturated heterocycles. The van der Waals surface area contributed by atoms with E-state index in [9.17, 15) is 14.0 Å². The van der Waals surface area contributed by atoms with Crippen molar-refractivity contribution in [1.29, 1.82) is 0 Å². The molecule has 116 valence electrons. The highest BCUT2D eigenvalue weighted by Crippen LogP contribution is 2.33. The van der Waals surface area contributed by atoms with Crippen LogP contribution in [0, 0.1) is 5.82 Å². The highest BCUT2D eigenvalue weighted by molar-refractivity contribution is 6.06. The summed E-state index contributed by atoms with van der Waals surface area (Å²) in [6, 6.07) is 5.30. The largest absolute Gasteiger partial charge is 0.465 e. The highest BCUT2D eigenvalue weighted by Gasteiger charge is 2.49. The van der Waals surface area contributed by atoms with Gasteiger partial charge in [-0.2, -0.15) is 0 Å². The third-order valence-corrected chi connectivity index (χ3v) is 3.21. The monoisotopic (exact) mass is 296 g/mol. The summed E-state index contributed by atoms with van der Waals surface area (Å²) in [6.45, 7) is 5.52. The summed E-state index contributed by atoms with van der Waals surface area (Å²) in [5.41, 5.74) is -1.14. The topological polar surface area (TPSA) is 52.6 Å². The summed E-state index contributed by atoms with van der Waals surface area (Å²) in [5, 5.41) is 0. The lowest BCUT2D eigenvalue weighted by Crippen LogP contribution is -2.46. The van der Waals surface area contributed by atoms with Crippen LogP contribution >= 0.6 is 0 Å². The number of carbonyl (C=O) groups is 2. The van der Waals surface area contributed by atoms with Crippen LogP contribution in [-0.2, 0) is 24.5 Å². The minimum Gasteiger partial charge on any atom is -0.465 e. The molecule has 0 heterocycles. The molecule has 0 bridgehead atoms. The van der Waals surface area contributed by atoms with E-state index in [1.165, 1.54) is 24.3 Å². The van der Waals surface area contributed by atoms with E-state index >= 15 is 0 Å². The summed E-state index contributed by atoms with van der Waals surface area (Å²) in [5.74, 6) is -1.74. The fourth-order valence-corrected chi connectivity index (χ4v) is 2.29. The molecule has 0 unspecified atom stereocenters. The van der Waals surface area contributed by atoms with Gasteiger partial charge >= 0.3 is 11.9 Å². The van der Waals surface area contributed by atoms with Gasteiger partial charge in [0.25, 0.3) is 0 Å². The van der Waals surface area contributed by atoms with E-state index in [1.807, 2.05) is 6.92 Å². The van der Waals surface area contributed by atoms with Crippen molar-refractivity contribution in [2.24, 2.45) is 0 Å². The number of hydrogen-bond donors (Lipinski definition) is 0. The summed E-state index contributed by atoms with van der Waals surface area (Å²) in [7, 11) is 0. The Kier molecular flexibility index (Phi) is 6.34. The molecule has 1 aromatic rings. The number of hydrogen-bond acceptors (Lipinski definition) is 4. The van der Waals surface area contributed by atoms with Crippen LogP contribution < -0.4 is 0 Å². The zero-order chi connectivity index (χ0) is 15.9. The van der Waals surface area contributed by atoms with E-state index in [4.69, 9.17) is 9.47 Å². The van der Waals surface area contributed by atoms with Crippen molar-refractivity contribution in [3.8, 4) is 0 Å². The van der Waals surface area contributed by atoms with Crippen LogP contribution in [0.1, 0.15) is 39.2 Å². The van der Waals surface area contributed by atoms with Crippen molar-refractivity contribution >= 4 is 11.9 Å². The number of rotatable bonds is 7. The molecule has 0 spiro atoms. The third kappa shape index (κ3) is 3.60. The highest BCUT2D eigenvalue weighted by atomic mass is 19.1. The fourth-order valence-electron chi connectivity index (χ4n) is 2.29. The minimum atomic E-state index is -1.53. The van der Waals surface area contributed by atoms with E-state index in [0.29, 0.717) is 12.0 Å². The maximum Gasteiger partial charge on any atom is 0.328 e. The maximum absolute atomic E-state index is 13.1. The van der Waals surface area contributed by atoms with Gasteiger partial charge < -0.3 is 9.47 Å². The van der Waals surface area contributed by atoms with Gasteiger partial charge in [0.2, 0.25) is 0 Å². The molecule has 1 rings (SSSR count). The average molecular weight is 296 g/mol. The predicted molar refractivity (Wildman–Crippen MR) is 76.3 cm³/mol. The van der Waals surface area contributed by atoms with Crippen molar-refractivity contribution in [1.82, 2.24) is 0 Å². The number of halogens is 1. The second-order valence-corrected chi connectivity index (χ2v) is 4.60. The van der Waals surface area contributed by atoms with Crippen LogP contribution in [-0.4, -0.2) is 25.2 Å². The van der Waals surface area contributed by atoms with Crippen molar-refractivity contribution in [3.05, 3.63) is 35.6 Å². The molecule has 0 atom stereocenters. The van der Waals surface area contributed by atoms with Gasteiger partial charge in [0.05, 0.1) is 13.2 Å². The molecular weight excluding hydrogens is 275 g/mol. The molecule has 0 aliphatic heterocycles. The number of benzene rings is 1. The molecule has 0 radical (unpaired) electrons. The van der Waals surface area contributed by atoms with Gasteiger partial charge in [-0.05, 0) is 38.0 Å². The third-order valence-electron chi connectivity index (χ3n) is 3.21. The normalized spacial score (nSPS) is 11.0. The van der Waals surface area contributed by atoms with Crippen LogP contribution in [0.15, 0.2) is 24.3 Å². The van der Waals surface area contributed by atoms with E-state index in [2.05, 4.69) is 0 Å². The Balaban J connectivity index is 3.38. The van der Waals surface area contributed by atoms with Gasteiger partial charge in [-0.1, -0.05) is 25.5 Å². The first kappa shape index (κ1) is 17.1. The Morgan fingerprint density at radius 1 is 1.00 bits per heavy atom. The van der Waals surface area contributed by atoms with Gasteiger partial charge in [-0.15, -0.1) is 0 Å². The molecular formula is C16H21FO4. The first-order chi connectivity index (χ1) is 10.0. The zero-order valence-corrected chi connectivity index (χ0v) is 12.6. The Hall–Kier alpha value is -1.91. The Morgan fingerprint density at radius 2 is 1.48 bits per heavy atom. The lowest BCUT2D eigenvalue weighted by Gasteiger charge is -2.29. The minimum absolute atomic E-state index is 0.158. The summed E-state index contributed by atoms with van der Waals surface area (Å²) >= 11 is 0. The fraction of sp³-hybridized carbons (Fsp3) is 0.500. The molecule has 1 aromatic carbocycles. The van der Waals surface area contributed by atoms with E-state index in [-0.39, 0.29) is 19.6 Å². The van der Waals surface area contributed by atoms with Gasteiger partial charge in [0.1, 0.15) is 5.82 Å². The molecule has 0 amide bonds. The zero-order valence-electron chi connectivity index (χ0n) is 12.6. The van der Waals surface area contributed by atoms with E-state index in [1.54, 1.807) is 13.8 Å². The van der Waals surface area contributed by atoms with E-state index in [0.717, 1.165) is 0 Å². The van der Waals surface area contributed by atoms with Crippen LogP contribution in [0.4, 0.5) is 4.39 Å². The molecule has 21 heavy (non-hydrogen) atoms. The first-order valence-corrected chi connectivity index (χ1v) is 7.13. The SMILES string of the molecule is CCCC(C(=O)OCC)(C(=O)OCC)c1ccc(F)cc1. The summed E-state index contributed by atoms with van der Waals surface area (Å²) in [4.78, 5) is 24.9. The Morgan fingerprint density at radius 3 is 1.86 bits per heavy atom. The van der Waals surface area contributed by atoms with Crippen LogP contribution in [0.3, 0.4) is 0 Å². The first-order valence-electron chi connectivity index (χ1n) is 7.13. The lowest BCUT2D eigenvalue weighted by molar-refractivity contribution is -0.165. The predicted octanol–water partition coefficient (Wildman–Crippen LogP) is 2.99. The quantitative estimate of drug-likeness (QED) is 0.573. The number of esters is 2. The van der Waals surface area contributed by atoms with Gasteiger partial charge in [0.15, 0.2) is 5.41 Å². The molecule has 0 aliphatic carbocycles. The van der Waals surface area contributed by atoms with Gasteiger partial charge in [0, 0.05) is 0 Å².